The summed E-state index contributed by atoms with van der Waals surface area (Å²) >= 11 is 0. The van der Waals surface area contributed by atoms with Crippen molar-refractivity contribution in [3.63, 3.8) is 0 Å². The largest absolute Gasteiger partial charge is 0.463 e. The smallest absolute Gasteiger partial charge is 0.407 e. The molecule has 1 amide bonds. The lowest BCUT2D eigenvalue weighted by atomic mass is 9.86. The van der Waals surface area contributed by atoms with Crippen molar-refractivity contribution >= 4 is 17.8 Å². The number of esters is 1. The van der Waals surface area contributed by atoms with Gasteiger partial charge in [0, 0.05) is 24.0 Å². The van der Waals surface area contributed by atoms with Gasteiger partial charge >= 0.3 is 12.1 Å². The molecule has 0 aromatic heterocycles. The van der Waals surface area contributed by atoms with Crippen molar-refractivity contribution in [2.75, 3.05) is 13.2 Å². The molecule has 0 fully saturated rings. The number of carbonyl (C=O) groups is 3. The second-order valence-electron chi connectivity index (χ2n) is 9.83. The van der Waals surface area contributed by atoms with E-state index in [1.807, 2.05) is 36.4 Å². The van der Waals surface area contributed by atoms with Crippen LogP contribution in [-0.2, 0) is 31.0 Å². The van der Waals surface area contributed by atoms with E-state index in [1.54, 1.807) is 26.0 Å². The summed E-state index contributed by atoms with van der Waals surface area (Å²) in [6.45, 7) is 5.13. The van der Waals surface area contributed by atoms with Crippen molar-refractivity contribution in [3.8, 4) is 11.1 Å². The van der Waals surface area contributed by atoms with Gasteiger partial charge in [0.1, 0.15) is 18.2 Å². The van der Waals surface area contributed by atoms with Crippen LogP contribution in [0.2, 0.25) is 0 Å². The van der Waals surface area contributed by atoms with Gasteiger partial charge in [0.25, 0.3) is 0 Å². The molecule has 4 rings (SSSR count). The van der Waals surface area contributed by atoms with Crippen LogP contribution in [0.15, 0.2) is 78.9 Å². The van der Waals surface area contributed by atoms with Crippen LogP contribution in [0.1, 0.15) is 55.4 Å². The van der Waals surface area contributed by atoms with Gasteiger partial charge in [-0.2, -0.15) is 0 Å². The van der Waals surface area contributed by atoms with Crippen molar-refractivity contribution in [2.24, 2.45) is 0 Å². The summed E-state index contributed by atoms with van der Waals surface area (Å²) in [4.78, 5) is 36.7. The van der Waals surface area contributed by atoms with Gasteiger partial charge in [0.15, 0.2) is 0 Å². The molecule has 3 aromatic carbocycles. The van der Waals surface area contributed by atoms with E-state index < -0.39 is 23.4 Å². The summed E-state index contributed by atoms with van der Waals surface area (Å²) < 4.78 is 25.8. The molecular formula is C32H32FNO5. The molecule has 3 aromatic rings. The van der Waals surface area contributed by atoms with E-state index in [4.69, 9.17) is 9.47 Å². The lowest BCUT2D eigenvalue weighted by Gasteiger charge is -2.31. The fraction of sp³-hybridized carbons (Fsp3) is 0.281. The summed E-state index contributed by atoms with van der Waals surface area (Å²) in [6, 6.07) is 20.4. The Hall–Kier alpha value is -4.26. The molecule has 7 heteroatoms. The summed E-state index contributed by atoms with van der Waals surface area (Å²) in [6.07, 6.45) is 2.26. The number of Topliss-reactive ketones (excluding diaryl/α,β-unsaturated/α-hetero) is 1. The Bertz CT molecular complexity index is 1370. The molecule has 0 unspecified atom stereocenters. The summed E-state index contributed by atoms with van der Waals surface area (Å²) in [5.74, 6) is -1.28. The molecule has 0 bridgehead atoms. The SMILES string of the molecule is CCOC(=O)/C=C/C[C@](C)(NC(=O)OCC1c2ccccc2-c2ccccc21)c1cc(CC(C)=O)ccc1F. The van der Waals surface area contributed by atoms with E-state index in [0.717, 1.165) is 22.3 Å². The molecule has 0 radical (unpaired) electrons. The van der Waals surface area contributed by atoms with E-state index in [1.165, 1.54) is 25.1 Å². The standard InChI is InChI=1S/C32H32FNO5/c1-4-38-30(36)14-9-17-32(3,28-19-22(18-21(2)35)15-16-29(28)33)34-31(37)39-20-27-25-12-7-5-10-23(25)24-11-6-8-13-26(24)27/h5-16,19,27H,4,17-18,20H2,1-3H3,(H,34,37)/b14-9+/t32-/m0/s1. The van der Waals surface area contributed by atoms with Gasteiger partial charge in [-0.1, -0.05) is 66.7 Å². The Balaban J connectivity index is 1.56. The number of rotatable bonds is 10. The highest BCUT2D eigenvalue weighted by Crippen LogP contribution is 2.44. The Morgan fingerprint density at radius 3 is 2.23 bits per heavy atom. The van der Waals surface area contributed by atoms with Gasteiger partial charge in [0.05, 0.1) is 12.1 Å². The number of halogens is 1. The second kappa shape index (κ2) is 12.1. The Morgan fingerprint density at radius 1 is 0.974 bits per heavy atom. The molecule has 1 N–H and O–H groups in total. The van der Waals surface area contributed by atoms with Gasteiger partial charge in [-0.05, 0) is 61.1 Å². The van der Waals surface area contributed by atoms with Crippen LogP contribution >= 0.6 is 0 Å². The summed E-state index contributed by atoms with van der Waals surface area (Å²) in [5, 5.41) is 2.82. The number of hydrogen-bond donors (Lipinski definition) is 1. The molecule has 39 heavy (non-hydrogen) atoms. The molecule has 0 heterocycles. The van der Waals surface area contributed by atoms with Crippen LogP contribution < -0.4 is 5.32 Å². The first-order valence-corrected chi connectivity index (χ1v) is 13.0. The average Bonchev–Trinajstić information content (AvgIpc) is 3.22. The minimum absolute atomic E-state index is 0.0686. The number of amides is 1. The molecule has 1 aliphatic carbocycles. The molecule has 0 saturated heterocycles. The molecule has 1 atom stereocenters. The lowest BCUT2D eigenvalue weighted by Crippen LogP contribution is -2.44. The maximum atomic E-state index is 15.1. The Labute approximate surface area is 227 Å². The third-order valence-electron chi connectivity index (χ3n) is 6.87. The van der Waals surface area contributed by atoms with Crippen LogP contribution in [0.25, 0.3) is 11.1 Å². The monoisotopic (exact) mass is 529 g/mol. The highest BCUT2D eigenvalue weighted by atomic mass is 19.1. The van der Waals surface area contributed by atoms with E-state index in [0.29, 0.717) is 5.56 Å². The van der Waals surface area contributed by atoms with Crippen LogP contribution in [0.3, 0.4) is 0 Å². The molecule has 1 aliphatic rings. The van der Waals surface area contributed by atoms with Gasteiger partial charge in [-0.25, -0.2) is 14.0 Å². The van der Waals surface area contributed by atoms with E-state index in [-0.39, 0.29) is 43.3 Å². The first-order chi connectivity index (χ1) is 18.7. The first-order valence-electron chi connectivity index (χ1n) is 13.0. The Kier molecular flexibility index (Phi) is 8.59. The Morgan fingerprint density at radius 2 is 1.62 bits per heavy atom. The molecular weight excluding hydrogens is 497 g/mol. The predicted molar refractivity (Wildman–Crippen MR) is 147 cm³/mol. The predicted octanol–water partition coefficient (Wildman–Crippen LogP) is 6.22. The number of benzene rings is 3. The highest BCUT2D eigenvalue weighted by molar-refractivity contribution is 5.82. The maximum Gasteiger partial charge on any atom is 0.407 e. The van der Waals surface area contributed by atoms with E-state index in [2.05, 4.69) is 17.4 Å². The van der Waals surface area contributed by atoms with Gasteiger partial charge in [-0.3, -0.25) is 4.79 Å². The van der Waals surface area contributed by atoms with Crippen LogP contribution in [-0.4, -0.2) is 31.1 Å². The molecule has 0 saturated carbocycles. The lowest BCUT2D eigenvalue weighted by molar-refractivity contribution is -0.137. The summed E-state index contributed by atoms with van der Waals surface area (Å²) in [7, 11) is 0. The van der Waals surface area contributed by atoms with Gasteiger partial charge in [0.2, 0.25) is 0 Å². The highest BCUT2D eigenvalue weighted by Gasteiger charge is 2.33. The second-order valence-corrected chi connectivity index (χ2v) is 9.83. The number of nitrogens with one attached hydrogen (secondary N) is 1. The molecule has 6 nitrogen and oxygen atoms in total. The maximum absolute atomic E-state index is 15.1. The van der Waals surface area contributed by atoms with Crippen molar-refractivity contribution in [3.05, 3.63) is 107 Å². The topological polar surface area (TPSA) is 81.7 Å². The number of hydrogen-bond acceptors (Lipinski definition) is 5. The first kappa shape index (κ1) is 27.8. The third kappa shape index (κ3) is 6.42. The third-order valence-corrected chi connectivity index (χ3v) is 6.87. The van der Waals surface area contributed by atoms with Crippen LogP contribution in [0, 0.1) is 5.82 Å². The fourth-order valence-electron chi connectivity index (χ4n) is 5.06. The minimum atomic E-state index is -1.28. The van der Waals surface area contributed by atoms with E-state index in [9.17, 15) is 14.4 Å². The zero-order valence-corrected chi connectivity index (χ0v) is 22.3. The number of ketones is 1. The van der Waals surface area contributed by atoms with Crippen molar-refractivity contribution < 1.29 is 28.2 Å². The normalized spacial score (nSPS) is 13.8. The number of ether oxygens (including phenoxy) is 2. The summed E-state index contributed by atoms with van der Waals surface area (Å²) in [5.41, 5.74) is 3.91. The minimum Gasteiger partial charge on any atom is -0.463 e. The van der Waals surface area contributed by atoms with Crippen LogP contribution in [0.5, 0.6) is 0 Å². The molecule has 202 valence electrons. The number of carbonyl (C=O) groups excluding carboxylic acids is 3. The van der Waals surface area contributed by atoms with Crippen molar-refractivity contribution in [1.29, 1.82) is 0 Å². The average molecular weight is 530 g/mol. The molecule has 0 aliphatic heterocycles. The zero-order valence-electron chi connectivity index (χ0n) is 22.3. The van der Waals surface area contributed by atoms with Crippen LogP contribution in [0.4, 0.5) is 9.18 Å². The van der Waals surface area contributed by atoms with E-state index >= 15 is 4.39 Å². The number of alkyl carbamates (subject to hydrolysis) is 1. The van der Waals surface area contributed by atoms with Gasteiger partial charge < -0.3 is 14.8 Å². The molecule has 0 spiro atoms. The number of fused-ring (bicyclic) bond motifs is 3. The van der Waals surface area contributed by atoms with Gasteiger partial charge in [-0.15, -0.1) is 0 Å². The fourth-order valence-corrected chi connectivity index (χ4v) is 5.06. The van der Waals surface area contributed by atoms with Crippen molar-refractivity contribution in [1.82, 2.24) is 5.32 Å². The quantitative estimate of drug-likeness (QED) is 0.249. The van der Waals surface area contributed by atoms with Crippen molar-refractivity contribution in [2.45, 2.75) is 45.1 Å². The zero-order chi connectivity index (χ0) is 28.0.